The van der Waals surface area contributed by atoms with Crippen molar-refractivity contribution in [2.75, 3.05) is 20.1 Å². The first kappa shape index (κ1) is 12.5. The van der Waals surface area contributed by atoms with Gasteiger partial charge in [-0.05, 0) is 39.3 Å². The Morgan fingerprint density at radius 3 is 2.40 bits per heavy atom. The largest absolute Gasteiger partial charge is 0.481 e. The number of aliphatic hydroxyl groups is 1. The maximum atomic E-state index is 10.8. The molecule has 0 bridgehead atoms. The van der Waals surface area contributed by atoms with Gasteiger partial charge in [0.1, 0.15) is 0 Å². The van der Waals surface area contributed by atoms with Gasteiger partial charge in [0.15, 0.2) is 0 Å². The zero-order valence-corrected chi connectivity index (χ0v) is 9.57. The third kappa shape index (κ3) is 3.47. The summed E-state index contributed by atoms with van der Waals surface area (Å²) in [5, 5.41) is 19.1. The molecule has 1 rings (SSSR count). The van der Waals surface area contributed by atoms with Gasteiger partial charge in [0.25, 0.3) is 0 Å². The van der Waals surface area contributed by atoms with Crippen molar-refractivity contribution < 1.29 is 15.0 Å². The third-order valence-electron chi connectivity index (χ3n) is 3.37. The first-order valence-electron chi connectivity index (χ1n) is 5.60. The highest BCUT2D eigenvalue weighted by Crippen LogP contribution is 2.32. The smallest absolute Gasteiger partial charge is 0.306 e. The predicted octanol–water partition coefficient (Wildman–Crippen LogP) is 0.944. The van der Waals surface area contributed by atoms with E-state index >= 15 is 0 Å². The van der Waals surface area contributed by atoms with E-state index in [1.807, 2.05) is 14.0 Å². The monoisotopic (exact) mass is 215 g/mol. The summed E-state index contributed by atoms with van der Waals surface area (Å²) in [7, 11) is 1.97. The van der Waals surface area contributed by atoms with E-state index in [0.717, 1.165) is 6.54 Å². The fourth-order valence-electron chi connectivity index (χ4n) is 2.17. The Morgan fingerprint density at radius 2 is 2.00 bits per heavy atom. The van der Waals surface area contributed by atoms with E-state index in [4.69, 9.17) is 5.11 Å². The summed E-state index contributed by atoms with van der Waals surface area (Å²) in [4.78, 5) is 12.8. The van der Waals surface area contributed by atoms with Gasteiger partial charge >= 0.3 is 5.97 Å². The molecule has 0 aliphatic heterocycles. The Bertz CT molecular complexity index is 222. The van der Waals surface area contributed by atoms with Crippen LogP contribution in [0.5, 0.6) is 0 Å². The molecule has 0 radical (unpaired) electrons. The van der Waals surface area contributed by atoms with E-state index in [-0.39, 0.29) is 5.92 Å². The number of aliphatic carboxylic acids is 1. The molecule has 1 saturated carbocycles. The van der Waals surface area contributed by atoms with Crippen LogP contribution in [0.3, 0.4) is 0 Å². The van der Waals surface area contributed by atoms with Crippen molar-refractivity contribution in [1.29, 1.82) is 0 Å². The Balaban J connectivity index is 2.43. The normalized spacial score (nSPS) is 31.9. The van der Waals surface area contributed by atoms with E-state index < -0.39 is 11.6 Å². The number of carboxylic acids is 1. The molecular weight excluding hydrogens is 194 g/mol. The first-order valence-corrected chi connectivity index (χ1v) is 5.60. The lowest BCUT2D eigenvalue weighted by molar-refractivity contribution is -0.145. The molecule has 0 unspecified atom stereocenters. The average Bonchev–Trinajstić information content (AvgIpc) is 2.17. The van der Waals surface area contributed by atoms with Crippen LogP contribution in [0, 0.1) is 5.92 Å². The topological polar surface area (TPSA) is 60.8 Å². The summed E-state index contributed by atoms with van der Waals surface area (Å²) in [5.74, 6) is -0.974. The minimum atomic E-state index is -0.721. The summed E-state index contributed by atoms with van der Waals surface area (Å²) in [6.07, 6.45) is 2.41. The SMILES string of the molecule is CCN(C)CC1(O)CCC(C(=O)O)CC1. The molecule has 0 aromatic carbocycles. The van der Waals surface area contributed by atoms with Crippen molar-refractivity contribution in [1.82, 2.24) is 4.90 Å². The number of nitrogens with zero attached hydrogens (tertiary/aromatic N) is 1. The Morgan fingerprint density at radius 1 is 1.47 bits per heavy atom. The van der Waals surface area contributed by atoms with Crippen LogP contribution in [-0.2, 0) is 4.79 Å². The van der Waals surface area contributed by atoms with Gasteiger partial charge in [-0.25, -0.2) is 0 Å². The van der Waals surface area contributed by atoms with Gasteiger partial charge in [0, 0.05) is 6.54 Å². The molecule has 4 heteroatoms. The highest BCUT2D eigenvalue weighted by molar-refractivity contribution is 5.70. The van der Waals surface area contributed by atoms with Gasteiger partial charge < -0.3 is 15.1 Å². The second kappa shape index (κ2) is 4.94. The lowest BCUT2D eigenvalue weighted by atomic mass is 9.78. The van der Waals surface area contributed by atoms with Crippen LogP contribution in [0.1, 0.15) is 32.6 Å². The van der Waals surface area contributed by atoms with Crippen molar-refractivity contribution in [3.63, 3.8) is 0 Å². The second-order valence-corrected chi connectivity index (χ2v) is 4.67. The van der Waals surface area contributed by atoms with Gasteiger partial charge in [-0.2, -0.15) is 0 Å². The average molecular weight is 215 g/mol. The van der Waals surface area contributed by atoms with Crippen LogP contribution in [0.25, 0.3) is 0 Å². The highest BCUT2D eigenvalue weighted by Gasteiger charge is 2.36. The van der Waals surface area contributed by atoms with Gasteiger partial charge in [-0.15, -0.1) is 0 Å². The first-order chi connectivity index (χ1) is 6.97. The molecule has 2 N–H and O–H groups in total. The molecule has 88 valence electrons. The van der Waals surface area contributed by atoms with E-state index in [2.05, 4.69) is 4.90 Å². The van der Waals surface area contributed by atoms with Crippen LogP contribution >= 0.6 is 0 Å². The van der Waals surface area contributed by atoms with Crippen molar-refractivity contribution in [2.24, 2.45) is 5.92 Å². The van der Waals surface area contributed by atoms with Gasteiger partial charge in [-0.3, -0.25) is 4.79 Å². The summed E-state index contributed by atoms with van der Waals surface area (Å²) in [5.41, 5.74) is -0.670. The third-order valence-corrected chi connectivity index (χ3v) is 3.37. The van der Waals surface area contributed by atoms with E-state index in [9.17, 15) is 9.90 Å². The van der Waals surface area contributed by atoms with Gasteiger partial charge in [0.2, 0.25) is 0 Å². The molecular formula is C11H21NO3. The zero-order chi connectivity index (χ0) is 11.5. The van der Waals surface area contributed by atoms with Gasteiger partial charge in [-0.1, -0.05) is 6.92 Å². The lowest BCUT2D eigenvalue weighted by Crippen LogP contribution is -2.45. The summed E-state index contributed by atoms with van der Waals surface area (Å²) >= 11 is 0. The van der Waals surface area contributed by atoms with Crippen molar-refractivity contribution in [3.05, 3.63) is 0 Å². The zero-order valence-electron chi connectivity index (χ0n) is 9.57. The van der Waals surface area contributed by atoms with Crippen LogP contribution in [-0.4, -0.2) is 46.8 Å². The summed E-state index contributed by atoms with van der Waals surface area (Å²) < 4.78 is 0. The Hall–Kier alpha value is -0.610. The number of likely N-dealkylation sites (N-methyl/N-ethyl adjacent to an activating group) is 1. The molecule has 0 amide bonds. The summed E-state index contributed by atoms with van der Waals surface area (Å²) in [6.45, 7) is 3.60. The van der Waals surface area contributed by atoms with E-state index in [0.29, 0.717) is 32.2 Å². The summed E-state index contributed by atoms with van der Waals surface area (Å²) in [6, 6.07) is 0. The standard InChI is InChI=1S/C11H21NO3/c1-3-12(2)8-11(15)6-4-9(5-7-11)10(13)14/h9,15H,3-8H2,1-2H3,(H,13,14). The molecule has 15 heavy (non-hydrogen) atoms. The van der Waals surface area contributed by atoms with Crippen molar-refractivity contribution in [3.8, 4) is 0 Å². The minimum absolute atomic E-state index is 0.253. The number of hydrogen-bond donors (Lipinski definition) is 2. The quantitative estimate of drug-likeness (QED) is 0.733. The molecule has 1 fully saturated rings. The number of carbonyl (C=O) groups is 1. The molecule has 0 aromatic heterocycles. The van der Waals surface area contributed by atoms with Gasteiger partial charge in [0.05, 0.1) is 11.5 Å². The second-order valence-electron chi connectivity index (χ2n) is 4.67. The number of hydrogen-bond acceptors (Lipinski definition) is 3. The highest BCUT2D eigenvalue weighted by atomic mass is 16.4. The molecule has 0 aromatic rings. The molecule has 0 atom stereocenters. The van der Waals surface area contributed by atoms with E-state index in [1.54, 1.807) is 0 Å². The molecule has 0 spiro atoms. The maximum absolute atomic E-state index is 10.8. The lowest BCUT2D eigenvalue weighted by Gasteiger charge is -2.37. The molecule has 1 aliphatic carbocycles. The number of carboxylic acid groups (broad SMARTS) is 1. The minimum Gasteiger partial charge on any atom is -0.481 e. The van der Waals surface area contributed by atoms with Crippen molar-refractivity contribution in [2.45, 2.75) is 38.2 Å². The molecule has 1 aliphatic rings. The molecule has 4 nitrogen and oxygen atoms in total. The Labute approximate surface area is 90.9 Å². The number of rotatable bonds is 4. The predicted molar refractivity (Wildman–Crippen MR) is 57.7 cm³/mol. The van der Waals surface area contributed by atoms with Crippen LogP contribution in [0.4, 0.5) is 0 Å². The maximum Gasteiger partial charge on any atom is 0.306 e. The van der Waals surface area contributed by atoms with E-state index in [1.165, 1.54) is 0 Å². The molecule has 0 saturated heterocycles. The van der Waals surface area contributed by atoms with Crippen LogP contribution in [0.2, 0.25) is 0 Å². The van der Waals surface area contributed by atoms with Crippen molar-refractivity contribution >= 4 is 5.97 Å². The fraction of sp³-hybridized carbons (Fsp3) is 0.909. The van der Waals surface area contributed by atoms with Crippen LogP contribution in [0.15, 0.2) is 0 Å². The Kier molecular flexibility index (Phi) is 4.11. The van der Waals surface area contributed by atoms with Crippen LogP contribution < -0.4 is 0 Å². The molecule has 0 heterocycles. The fourth-order valence-corrected chi connectivity index (χ4v) is 2.17.